The molecule has 1 aliphatic heterocycles. The van der Waals surface area contributed by atoms with Crippen LogP contribution in [0.5, 0.6) is 11.5 Å². The van der Waals surface area contributed by atoms with Crippen LogP contribution in [0.15, 0.2) is 70.4 Å². The van der Waals surface area contributed by atoms with Crippen LogP contribution < -0.4 is 25.0 Å². The number of amides is 1. The summed E-state index contributed by atoms with van der Waals surface area (Å²) in [4.78, 5) is 15.4. The van der Waals surface area contributed by atoms with Crippen LogP contribution in [0.25, 0.3) is 0 Å². The average Bonchev–Trinajstić information content (AvgIpc) is 3.27. The predicted octanol–water partition coefficient (Wildman–Crippen LogP) is 4.35. The number of aryl methyl sites for hydroxylation is 1. The second-order valence-corrected chi connectivity index (χ2v) is 8.08. The molecule has 2 N–H and O–H groups in total. The van der Waals surface area contributed by atoms with Gasteiger partial charge in [-0.1, -0.05) is 41.4 Å². The van der Waals surface area contributed by atoms with Gasteiger partial charge >= 0.3 is 0 Å². The van der Waals surface area contributed by atoms with E-state index in [0.717, 1.165) is 0 Å². The third kappa shape index (κ3) is 4.83. The molecule has 0 aliphatic carbocycles. The summed E-state index contributed by atoms with van der Waals surface area (Å²) in [6, 6.07) is 15.8. The second kappa shape index (κ2) is 10.3. The van der Waals surface area contributed by atoms with E-state index in [-0.39, 0.29) is 12.5 Å². The summed E-state index contributed by atoms with van der Waals surface area (Å²) in [5.41, 5.74) is 2.45. The minimum Gasteiger partial charge on any atom is -0.495 e. The van der Waals surface area contributed by atoms with Crippen LogP contribution in [0, 0.1) is 19.3 Å². The standard InChI is InChI=1S/C26H24N4O4S/c1-5-14-33-20-12-8-6-10-18(20)24-23(25(31)27-22-15-16(2)34-29-22)17(3)30(26(35)28-24)19-11-7-9-13-21(19)32-4/h1,6-13,15,24H,14H2,2-4H3,(H,28,35)(H,27,29,31)/t24-/m0/s1. The molecule has 0 bridgehead atoms. The SMILES string of the molecule is C#CCOc1ccccc1[C@@H]1NC(=S)N(c2ccccc2OC)C(C)=C1C(=O)Nc1cc(C)on1. The van der Waals surface area contributed by atoms with Crippen molar-refractivity contribution >= 4 is 34.7 Å². The Morgan fingerprint density at radius 3 is 2.63 bits per heavy atom. The number of carbonyl (C=O) groups is 1. The molecule has 1 atom stereocenters. The summed E-state index contributed by atoms with van der Waals surface area (Å²) in [5, 5.41) is 10.4. The molecule has 2 heterocycles. The van der Waals surface area contributed by atoms with Crippen molar-refractivity contribution in [1.82, 2.24) is 10.5 Å². The van der Waals surface area contributed by atoms with E-state index < -0.39 is 6.04 Å². The van der Waals surface area contributed by atoms with Gasteiger partial charge in [0.25, 0.3) is 5.91 Å². The molecule has 0 saturated carbocycles. The molecule has 0 unspecified atom stereocenters. The predicted molar refractivity (Wildman–Crippen MR) is 137 cm³/mol. The van der Waals surface area contributed by atoms with Crippen molar-refractivity contribution in [2.24, 2.45) is 0 Å². The van der Waals surface area contributed by atoms with Crippen molar-refractivity contribution in [2.75, 3.05) is 23.9 Å². The molecule has 178 valence electrons. The average molecular weight is 489 g/mol. The van der Waals surface area contributed by atoms with E-state index in [1.807, 2.05) is 49.4 Å². The highest BCUT2D eigenvalue weighted by molar-refractivity contribution is 7.80. The summed E-state index contributed by atoms with van der Waals surface area (Å²) in [6.45, 7) is 3.67. The summed E-state index contributed by atoms with van der Waals surface area (Å²) in [5.74, 6) is 4.14. The fraction of sp³-hybridized carbons (Fsp3) is 0.192. The molecule has 0 saturated heterocycles. The first-order valence-corrected chi connectivity index (χ1v) is 11.2. The van der Waals surface area contributed by atoms with Crippen molar-refractivity contribution in [3.63, 3.8) is 0 Å². The van der Waals surface area contributed by atoms with E-state index >= 15 is 0 Å². The van der Waals surface area contributed by atoms with Crippen molar-refractivity contribution in [1.29, 1.82) is 0 Å². The first-order chi connectivity index (χ1) is 16.9. The molecule has 0 fully saturated rings. The monoisotopic (exact) mass is 488 g/mol. The number of benzene rings is 2. The maximum atomic E-state index is 13.7. The molecule has 1 aromatic heterocycles. The van der Waals surface area contributed by atoms with Crippen LogP contribution in [-0.4, -0.2) is 29.9 Å². The van der Waals surface area contributed by atoms with Gasteiger partial charge < -0.3 is 24.6 Å². The molecule has 0 spiro atoms. The highest BCUT2D eigenvalue weighted by Gasteiger charge is 2.37. The lowest BCUT2D eigenvalue weighted by Crippen LogP contribution is -2.48. The molecule has 2 aromatic carbocycles. The van der Waals surface area contributed by atoms with Gasteiger partial charge in [-0.3, -0.25) is 9.69 Å². The number of methoxy groups -OCH3 is 1. The van der Waals surface area contributed by atoms with Crippen LogP contribution in [0.4, 0.5) is 11.5 Å². The summed E-state index contributed by atoms with van der Waals surface area (Å²) in [7, 11) is 1.58. The number of rotatable bonds is 7. The van der Waals surface area contributed by atoms with Gasteiger partial charge in [-0.05, 0) is 44.3 Å². The zero-order valence-electron chi connectivity index (χ0n) is 19.5. The third-order valence-electron chi connectivity index (χ3n) is 5.47. The van der Waals surface area contributed by atoms with Crippen LogP contribution >= 0.6 is 12.2 Å². The number of allylic oxidation sites excluding steroid dienone is 1. The van der Waals surface area contributed by atoms with Crippen molar-refractivity contribution in [3.05, 3.63) is 77.2 Å². The highest BCUT2D eigenvalue weighted by Crippen LogP contribution is 2.40. The number of thiocarbonyl (C=S) groups is 1. The van der Waals surface area contributed by atoms with E-state index in [9.17, 15) is 4.79 Å². The zero-order chi connectivity index (χ0) is 24.9. The Hall–Kier alpha value is -4.29. The Kier molecular flexibility index (Phi) is 7.03. The van der Waals surface area contributed by atoms with Crippen LogP contribution in [-0.2, 0) is 4.79 Å². The topological polar surface area (TPSA) is 88.9 Å². The molecule has 3 aromatic rings. The van der Waals surface area contributed by atoms with Gasteiger partial charge in [0, 0.05) is 17.3 Å². The minimum atomic E-state index is -0.615. The second-order valence-electron chi connectivity index (χ2n) is 7.70. The fourth-order valence-electron chi connectivity index (χ4n) is 3.95. The van der Waals surface area contributed by atoms with E-state index in [1.165, 1.54) is 0 Å². The van der Waals surface area contributed by atoms with Gasteiger partial charge in [0.2, 0.25) is 0 Å². The van der Waals surface area contributed by atoms with Gasteiger partial charge in [-0.15, -0.1) is 6.42 Å². The maximum Gasteiger partial charge on any atom is 0.257 e. The number of nitrogens with one attached hydrogen (secondary N) is 2. The zero-order valence-corrected chi connectivity index (χ0v) is 20.3. The van der Waals surface area contributed by atoms with Crippen molar-refractivity contribution in [2.45, 2.75) is 19.9 Å². The normalized spacial score (nSPS) is 15.3. The first kappa shape index (κ1) is 23.9. The van der Waals surface area contributed by atoms with E-state index in [4.69, 9.17) is 32.6 Å². The van der Waals surface area contributed by atoms with E-state index in [2.05, 4.69) is 21.7 Å². The highest BCUT2D eigenvalue weighted by atomic mass is 32.1. The van der Waals surface area contributed by atoms with Gasteiger partial charge in [-0.25, -0.2) is 0 Å². The number of ether oxygens (including phenoxy) is 2. The van der Waals surface area contributed by atoms with Crippen molar-refractivity contribution in [3.8, 4) is 23.8 Å². The Bertz CT molecular complexity index is 1340. The smallest absolute Gasteiger partial charge is 0.257 e. The number of carbonyl (C=O) groups excluding carboxylic acids is 1. The fourth-order valence-corrected chi connectivity index (χ4v) is 4.31. The number of nitrogens with zero attached hydrogens (tertiary/aromatic N) is 2. The van der Waals surface area contributed by atoms with Crippen LogP contribution in [0.1, 0.15) is 24.3 Å². The van der Waals surface area contributed by atoms with Gasteiger partial charge in [0.1, 0.15) is 23.9 Å². The van der Waals surface area contributed by atoms with Gasteiger partial charge in [0.15, 0.2) is 10.9 Å². The van der Waals surface area contributed by atoms with Gasteiger partial charge in [0.05, 0.1) is 24.4 Å². The lowest BCUT2D eigenvalue weighted by Gasteiger charge is -2.38. The molecule has 1 amide bonds. The Labute approximate surface area is 208 Å². The molecule has 9 heteroatoms. The Morgan fingerprint density at radius 1 is 1.23 bits per heavy atom. The number of aromatic nitrogens is 1. The Morgan fingerprint density at radius 2 is 1.94 bits per heavy atom. The van der Waals surface area contributed by atoms with Crippen LogP contribution in [0.2, 0.25) is 0 Å². The summed E-state index contributed by atoms with van der Waals surface area (Å²) >= 11 is 5.77. The lowest BCUT2D eigenvalue weighted by molar-refractivity contribution is -0.113. The van der Waals surface area contributed by atoms with E-state index in [1.54, 1.807) is 31.1 Å². The maximum absolute atomic E-state index is 13.7. The van der Waals surface area contributed by atoms with Gasteiger partial charge in [-0.2, -0.15) is 0 Å². The number of hydrogen-bond acceptors (Lipinski definition) is 6. The molecular formula is C26H24N4O4S. The minimum absolute atomic E-state index is 0.0873. The third-order valence-corrected chi connectivity index (χ3v) is 5.77. The first-order valence-electron chi connectivity index (χ1n) is 10.8. The largest absolute Gasteiger partial charge is 0.495 e. The van der Waals surface area contributed by atoms with Crippen LogP contribution in [0.3, 0.4) is 0 Å². The summed E-state index contributed by atoms with van der Waals surface area (Å²) in [6.07, 6.45) is 5.40. The number of para-hydroxylation sites is 3. The molecule has 0 radical (unpaired) electrons. The number of hydrogen-bond donors (Lipinski definition) is 2. The molecular weight excluding hydrogens is 464 g/mol. The van der Waals surface area contributed by atoms with Crippen molar-refractivity contribution < 1.29 is 18.8 Å². The quantitative estimate of drug-likeness (QED) is 0.375. The summed E-state index contributed by atoms with van der Waals surface area (Å²) < 4.78 is 16.4. The molecule has 1 aliphatic rings. The molecule has 35 heavy (non-hydrogen) atoms. The Balaban J connectivity index is 1.85. The van der Waals surface area contributed by atoms with E-state index in [0.29, 0.717) is 50.7 Å². The lowest BCUT2D eigenvalue weighted by atomic mass is 9.93. The molecule has 8 nitrogen and oxygen atoms in total. The number of anilines is 2. The number of terminal acetylenes is 1. The molecule has 4 rings (SSSR count).